The lowest BCUT2D eigenvalue weighted by Gasteiger charge is -2.37. The number of aromatic nitrogens is 1. The predicted octanol–water partition coefficient (Wildman–Crippen LogP) is 3.33. The van der Waals surface area contributed by atoms with Crippen LogP contribution in [0, 0.1) is 5.82 Å². The molecule has 28 heavy (non-hydrogen) atoms. The van der Waals surface area contributed by atoms with Crippen LogP contribution >= 0.6 is 0 Å². The van der Waals surface area contributed by atoms with Crippen LogP contribution in [0.15, 0.2) is 58.9 Å². The molecule has 1 aliphatic rings. The highest BCUT2D eigenvalue weighted by Crippen LogP contribution is 2.29. The zero-order chi connectivity index (χ0) is 20.1. The molecule has 6 heteroatoms. The molecule has 2 aromatic rings. The second kappa shape index (κ2) is 8.97. The van der Waals surface area contributed by atoms with Gasteiger partial charge in [-0.2, -0.15) is 0 Å². The third kappa shape index (κ3) is 4.57. The Bertz CT molecular complexity index is 861. The Morgan fingerprint density at radius 2 is 1.79 bits per heavy atom. The topological polar surface area (TPSA) is 57.8 Å². The number of hydrogen-bond acceptors (Lipinski definition) is 5. The van der Waals surface area contributed by atoms with Crippen LogP contribution < -0.4 is 10.6 Å². The van der Waals surface area contributed by atoms with Crippen molar-refractivity contribution in [1.82, 2.24) is 9.88 Å². The van der Waals surface area contributed by atoms with E-state index in [1.165, 1.54) is 12.1 Å². The Morgan fingerprint density at radius 3 is 2.39 bits per heavy atom. The van der Waals surface area contributed by atoms with Crippen LogP contribution in [-0.2, 0) is 0 Å². The van der Waals surface area contributed by atoms with E-state index in [-0.39, 0.29) is 5.82 Å². The van der Waals surface area contributed by atoms with Gasteiger partial charge in [0.15, 0.2) is 0 Å². The van der Waals surface area contributed by atoms with E-state index in [0.29, 0.717) is 0 Å². The first-order valence-electron chi connectivity index (χ1n) is 9.57. The molecule has 0 atom stereocenters. The first kappa shape index (κ1) is 20.0. The minimum absolute atomic E-state index is 0.236. The lowest BCUT2D eigenvalue weighted by atomic mass is 10.1. The van der Waals surface area contributed by atoms with Gasteiger partial charge in [-0.25, -0.2) is 4.39 Å². The summed E-state index contributed by atoms with van der Waals surface area (Å²) >= 11 is 0. The molecule has 1 aliphatic heterocycles. The van der Waals surface area contributed by atoms with Gasteiger partial charge in [0.2, 0.25) is 0 Å². The molecule has 148 valence electrons. The number of hydrogen-bond donors (Lipinski definition) is 1. The van der Waals surface area contributed by atoms with Gasteiger partial charge in [-0.05, 0) is 50.2 Å². The molecule has 1 aromatic heterocycles. The third-order valence-corrected chi connectivity index (χ3v) is 5.25. The molecule has 2 heterocycles. The highest BCUT2D eigenvalue weighted by atomic mass is 19.1. The van der Waals surface area contributed by atoms with Crippen molar-refractivity contribution >= 4 is 11.4 Å². The Hall–Kier alpha value is -2.73. The van der Waals surface area contributed by atoms with Crippen LogP contribution in [0.2, 0.25) is 0 Å². The molecule has 1 aromatic carbocycles. The third-order valence-electron chi connectivity index (χ3n) is 5.25. The van der Waals surface area contributed by atoms with Gasteiger partial charge >= 0.3 is 0 Å². The van der Waals surface area contributed by atoms with E-state index in [1.807, 2.05) is 19.9 Å². The first-order chi connectivity index (χ1) is 13.5. The number of aliphatic imine (C=N–C) groups is 1. The van der Waals surface area contributed by atoms with E-state index in [4.69, 9.17) is 5.73 Å². The van der Waals surface area contributed by atoms with Gasteiger partial charge in [0.25, 0.3) is 0 Å². The molecule has 2 N–H and O–H groups in total. The number of pyridine rings is 1. The second-order valence-corrected chi connectivity index (χ2v) is 7.11. The van der Waals surface area contributed by atoms with Crippen LogP contribution in [0.4, 0.5) is 10.1 Å². The van der Waals surface area contributed by atoms with Crippen molar-refractivity contribution in [2.75, 3.05) is 44.7 Å². The minimum atomic E-state index is -0.236. The molecule has 1 fully saturated rings. The maximum Gasteiger partial charge on any atom is 0.123 e. The normalized spacial score (nSPS) is 16.9. The van der Waals surface area contributed by atoms with Crippen molar-refractivity contribution in [2.45, 2.75) is 13.8 Å². The molecule has 0 saturated carbocycles. The largest absolute Gasteiger partial charge is 0.402 e. The van der Waals surface area contributed by atoms with Crippen LogP contribution in [0.5, 0.6) is 0 Å². The van der Waals surface area contributed by atoms with Crippen molar-refractivity contribution in [3.8, 4) is 11.3 Å². The molecule has 0 bridgehead atoms. The maximum absolute atomic E-state index is 13.3. The predicted molar refractivity (Wildman–Crippen MR) is 114 cm³/mol. The monoisotopic (exact) mass is 381 g/mol. The summed E-state index contributed by atoms with van der Waals surface area (Å²) in [4.78, 5) is 13.6. The lowest BCUT2D eigenvalue weighted by molar-refractivity contribution is 0.280. The van der Waals surface area contributed by atoms with E-state index < -0.39 is 0 Å². The van der Waals surface area contributed by atoms with Gasteiger partial charge in [-0.15, -0.1) is 0 Å². The van der Waals surface area contributed by atoms with Crippen LogP contribution in [0.3, 0.4) is 0 Å². The molecule has 0 aliphatic carbocycles. The molecule has 1 saturated heterocycles. The summed E-state index contributed by atoms with van der Waals surface area (Å²) in [7, 11) is 1.80. The number of rotatable bonds is 5. The van der Waals surface area contributed by atoms with E-state index in [2.05, 4.69) is 25.8 Å². The molecule has 0 spiro atoms. The second-order valence-electron chi connectivity index (χ2n) is 7.11. The average molecular weight is 381 g/mol. The molecule has 3 rings (SSSR count). The van der Waals surface area contributed by atoms with Gasteiger partial charge in [0.1, 0.15) is 5.82 Å². The summed E-state index contributed by atoms with van der Waals surface area (Å²) in [5.74, 6) is -0.236. The van der Waals surface area contributed by atoms with Crippen molar-refractivity contribution in [3.63, 3.8) is 0 Å². The summed E-state index contributed by atoms with van der Waals surface area (Å²) in [6.45, 7) is 8.43. The molecule has 0 radical (unpaired) electrons. The summed E-state index contributed by atoms with van der Waals surface area (Å²) in [6.07, 6.45) is 1.78. The highest BCUT2D eigenvalue weighted by Gasteiger charge is 2.21. The number of nitrogens with two attached hydrogens (primary N) is 1. The standard InChI is InChI=1S/C22H28FN5/c1-16(24)20(17(2)25-3)15-27-11-13-28(14-12-27)21-5-4-10-26-22(21)18-6-8-19(23)9-7-18/h4-10H,11-15,24H2,1-3H3/b20-16-,25-17?. The molecule has 0 unspecified atom stereocenters. The smallest absolute Gasteiger partial charge is 0.123 e. The van der Waals surface area contributed by atoms with Crippen molar-refractivity contribution < 1.29 is 4.39 Å². The van der Waals surface area contributed by atoms with E-state index >= 15 is 0 Å². The van der Waals surface area contributed by atoms with Crippen molar-refractivity contribution in [2.24, 2.45) is 10.7 Å². The molecule has 0 amide bonds. The zero-order valence-corrected chi connectivity index (χ0v) is 16.8. The van der Waals surface area contributed by atoms with E-state index in [1.54, 1.807) is 25.4 Å². The van der Waals surface area contributed by atoms with Gasteiger partial charge in [-0.3, -0.25) is 14.9 Å². The maximum atomic E-state index is 13.3. The first-order valence-corrected chi connectivity index (χ1v) is 9.57. The van der Waals surface area contributed by atoms with Crippen LogP contribution in [0.1, 0.15) is 13.8 Å². The summed E-state index contributed by atoms with van der Waals surface area (Å²) in [6, 6.07) is 10.6. The quantitative estimate of drug-likeness (QED) is 0.807. The van der Waals surface area contributed by atoms with Gasteiger partial charge < -0.3 is 10.6 Å². The number of nitrogens with zero attached hydrogens (tertiary/aromatic N) is 4. The van der Waals surface area contributed by atoms with Gasteiger partial charge in [-0.1, -0.05) is 0 Å². The fourth-order valence-electron chi connectivity index (χ4n) is 3.51. The average Bonchev–Trinajstić information content (AvgIpc) is 2.72. The summed E-state index contributed by atoms with van der Waals surface area (Å²) in [5, 5.41) is 0. The Kier molecular flexibility index (Phi) is 6.41. The Morgan fingerprint density at radius 1 is 1.11 bits per heavy atom. The van der Waals surface area contributed by atoms with Gasteiger partial charge in [0.05, 0.1) is 11.4 Å². The Labute approximate surface area is 166 Å². The number of halogens is 1. The number of piperazine rings is 1. The number of allylic oxidation sites excluding steroid dienone is 1. The van der Waals surface area contributed by atoms with E-state index in [0.717, 1.165) is 66.7 Å². The SMILES string of the molecule is CN=C(C)/C(CN1CCN(c2cccnc2-c2ccc(F)cc2)CC1)=C(/C)N. The number of anilines is 1. The summed E-state index contributed by atoms with van der Waals surface area (Å²) < 4.78 is 13.3. The lowest BCUT2D eigenvalue weighted by Crippen LogP contribution is -2.47. The van der Waals surface area contributed by atoms with Crippen LogP contribution in [0.25, 0.3) is 11.3 Å². The molecule has 5 nitrogen and oxygen atoms in total. The zero-order valence-electron chi connectivity index (χ0n) is 16.8. The van der Waals surface area contributed by atoms with Crippen LogP contribution in [-0.4, -0.2) is 55.4 Å². The fourth-order valence-corrected chi connectivity index (χ4v) is 3.51. The summed E-state index contributed by atoms with van der Waals surface area (Å²) in [5.41, 5.74) is 11.9. The fraction of sp³-hybridized carbons (Fsp3) is 0.364. The number of benzene rings is 1. The highest BCUT2D eigenvalue weighted by molar-refractivity contribution is 5.99. The van der Waals surface area contributed by atoms with Crippen molar-refractivity contribution in [3.05, 3.63) is 59.7 Å². The van der Waals surface area contributed by atoms with Gasteiger partial charge in [0, 0.05) is 68.5 Å². The molecular weight excluding hydrogens is 353 g/mol. The van der Waals surface area contributed by atoms with E-state index in [9.17, 15) is 4.39 Å². The Balaban J connectivity index is 1.72. The molecular formula is C22H28FN5. The van der Waals surface area contributed by atoms with Crippen molar-refractivity contribution in [1.29, 1.82) is 0 Å². The minimum Gasteiger partial charge on any atom is -0.402 e.